The molecule has 4 aliphatic heterocycles. The summed E-state index contributed by atoms with van der Waals surface area (Å²) in [5, 5.41) is 2.94. The molecule has 0 aliphatic carbocycles. The second kappa shape index (κ2) is 8.64. The number of anilines is 1. The van der Waals surface area contributed by atoms with Crippen molar-refractivity contribution in [1.82, 2.24) is 9.80 Å². The molecule has 1 N–H and O–H groups in total. The van der Waals surface area contributed by atoms with Crippen LogP contribution in [0.4, 0.5) is 10.5 Å². The van der Waals surface area contributed by atoms with E-state index in [0.717, 1.165) is 55.4 Å². The summed E-state index contributed by atoms with van der Waals surface area (Å²) in [7, 11) is 0. The third kappa shape index (κ3) is 4.40. The second-order valence-electron chi connectivity index (χ2n) is 8.19. The molecule has 1 atom stereocenters. The number of allylic oxidation sites excluding steroid dienone is 1. The fourth-order valence-electron chi connectivity index (χ4n) is 4.33. The number of ether oxygens (including phenoxy) is 2. The normalized spacial score (nSPS) is 24.5. The standard InChI is InChI=1S/C23H26N4O4/c28-22-20(13-18-11-17(14-24-18)15-26-5-8-30-9-6-26)19-12-16(1-2-21(19)25-22)3-4-27-7-10-31-23(27)29/h1-2,11-14,17H,3-10,15H2,(H,25,28)/b20-13-. The molecule has 0 aromatic heterocycles. The van der Waals surface area contributed by atoms with Gasteiger partial charge in [0.15, 0.2) is 0 Å². The molecule has 4 aliphatic rings. The van der Waals surface area contributed by atoms with Crippen molar-refractivity contribution in [3.8, 4) is 0 Å². The van der Waals surface area contributed by atoms with Crippen LogP contribution in [0.15, 0.2) is 41.0 Å². The molecule has 0 spiro atoms. The van der Waals surface area contributed by atoms with Crippen LogP contribution in [0.1, 0.15) is 11.1 Å². The maximum Gasteiger partial charge on any atom is 0.409 e. The molecule has 0 bridgehead atoms. The Morgan fingerprint density at radius 3 is 2.84 bits per heavy atom. The Balaban J connectivity index is 1.28. The Hall–Kier alpha value is -2.97. The van der Waals surface area contributed by atoms with Crippen molar-refractivity contribution in [3.05, 3.63) is 47.2 Å². The molecule has 162 valence electrons. The molecule has 1 unspecified atom stereocenters. The van der Waals surface area contributed by atoms with Gasteiger partial charge in [-0.1, -0.05) is 6.07 Å². The molecular formula is C23H26N4O4. The number of cyclic esters (lactones) is 1. The van der Waals surface area contributed by atoms with E-state index in [0.29, 0.717) is 31.7 Å². The number of carbonyl (C=O) groups is 2. The maximum absolute atomic E-state index is 12.6. The van der Waals surface area contributed by atoms with Crippen molar-refractivity contribution in [3.63, 3.8) is 0 Å². The molecular weight excluding hydrogens is 396 g/mol. The molecule has 4 heterocycles. The minimum absolute atomic E-state index is 0.108. The van der Waals surface area contributed by atoms with Crippen LogP contribution < -0.4 is 5.32 Å². The van der Waals surface area contributed by atoms with Crippen molar-refractivity contribution in [2.45, 2.75) is 6.42 Å². The Morgan fingerprint density at radius 1 is 1.16 bits per heavy atom. The zero-order chi connectivity index (χ0) is 21.2. The number of amides is 2. The van der Waals surface area contributed by atoms with Crippen LogP contribution in [0.25, 0.3) is 5.57 Å². The Bertz CT molecular complexity index is 978. The van der Waals surface area contributed by atoms with Crippen molar-refractivity contribution in [1.29, 1.82) is 0 Å². The molecule has 0 radical (unpaired) electrons. The third-order valence-corrected chi connectivity index (χ3v) is 6.05. The monoisotopic (exact) mass is 422 g/mol. The van der Waals surface area contributed by atoms with E-state index < -0.39 is 0 Å². The van der Waals surface area contributed by atoms with Gasteiger partial charge in [0, 0.05) is 49.6 Å². The molecule has 5 rings (SSSR count). The van der Waals surface area contributed by atoms with E-state index in [-0.39, 0.29) is 17.9 Å². The van der Waals surface area contributed by atoms with Gasteiger partial charge in [0.2, 0.25) is 0 Å². The van der Waals surface area contributed by atoms with Crippen LogP contribution in [0, 0.1) is 5.92 Å². The van der Waals surface area contributed by atoms with Gasteiger partial charge in [0.1, 0.15) is 6.61 Å². The number of fused-ring (bicyclic) bond motifs is 1. The summed E-state index contributed by atoms with van der Waals surface area (Å²) in [4.78, 5) is 32.8. The first-order chi connectivity index (χ1) is 15.2. The number of carbonyl (C=O) groups excluding carboxylic acids is 2. The largest absolute Gasteiger partial charge is 0.448 e. The molecule has 2 saturated heterocycles. The number of rotatable bonds is 6. The van der Waals surface area contributed by atoms with Crippen molar-refractivity contribution < 1.29 is 19.1 Å². The topological polar surface area (TPSA) is 83.5 Å². The molecule has 0 saturated carbocycles. The summed E-state index contributed by atoms with van der Waals surface area (Å²) in [6, 6.07) is 5.96. The Kier molecular flexibility index (Phi) is 5.57. The highest BCUT2D eigenvalue weighted by Gasteiger charge is 2.26. The van der Waals surface area contributed by atoms with Crippen LogP contribution in [-0.4, -0.2) is 80.6 Å². The molecule has 8 heteroatoms. The number of benzene rings is 1. The number of aliphatic imine (C=N–C) groups is 1. The van der Waals surface area contributed by atoms with Crippen molar-refractivity contribution in [2.75, 3.05) is 57.9 Å². The van der Waals surface area contributed by atoms with Gasteiger partial charge in [-0.3, -0.25) is 14.7 Å². The number of hydrogen-bond acceptors (Lipinski definition) is 6. The lowest BCUT2D eigenvalue weighted by Gasteiger charge is -2.27. The smallest absolute Gasteiger partial charge is 0.409 e. The van der Waals surface area contributed by atoms with Gasteiger partial charge in [0.25, 0.3) is 5.91 Å². The summed E-state index contributed by atoms with van der Waals surface area (Å²) >= 11 is 0. The molecule has 8 nitrogen and oxygen atoms in total. The predicted molar refractivity (Wildman–Crippen MR) is 117 cm³/mol. The lowest BCUT2D eigenvalue weighted by molar-refractivity contribution is -0.110. The van der Waals surface area contributed by atoms with E-state index in [1.54, 1.807) is 4.90 Å². The minimum Gasteiger partial charge on any atom is -0.448 e. The van der Waals surface area contributed by atoms with Gasteiger partial charge in [-0.25, -0.2) is 4.79 Å². The number of morpholine rings is 1. The van der Waals surface area contributed by atoms with Crippen molar-refractivity contribution in [2.24, 2.45) is 10.9 Å². The number of nitrogens with one attached hydrogen (secondary N) is 1. The molecule has 2 amide bonds. The highest BCUT2D eigenvalue weighted by Crippen LogP contribution is 2.34. The maximum atomic E-state index is 12.6. The summed E-state index contributed by atoms with van der Waals surface area (Å²) in [6.45, 7) is 6.07. The van der Waals surface area contributed by atoms with Crippen LogP contribution in [0.3, 0.4) is 0 Å². The second-order valence-corrected chi connectivity index (χ2v) is 8.19. The Labute approximate surface area is 181 Å². The summed E-state index contributed by atoms with van der Waals surface area (Å²) in [5.74, 6) is 0.142. The first-order valence-corrected chi connectivity index (χ1v) is 10.8. The van der Waals surface area contributed by atoms with Gasteiger partial charge in [-0.15, -0.1) is 0 Å². The molecule has 1 aromatic rings. The SMILES string of the molecule is O=C1Nc2ccc(CCN3CCOC3=O)cc2/C1=C/C1=CC(CN2CCOCC2)C=N1. The van der Waals surface area contributed by atoms with Crippen LogP contribution >= 0.6 is 0 Å². The minimum atomic E-state index is -0.253. The van der Waals surface area contributed by atoms with Crippen molar-refractivity contribution >= 4 is 29.5 Å². The van der Waals surface area contributed by atoms with E-state index in [2.05, 4.69) is 21.3 Å². The molecule has 1 aromatic carbocycles. The number of hydrogen-bond donors (Lipinski definition) is 1. The summed E-state index contributed by atoms with van der Waals surface area (Å²) < 4.78 is 10.4. The van der Waals surface area contributed by atoms with Crippen LogP contribution in [-0.2, 0) is 20.7 Å². The lowest BCUT2D eigenvalue weighted by Crippen LogP contribution is -2.39. The fraction of sp³-hybridized carbons (Fsp3) is 0.435. The third-order valence-electron chi connectivity index (χ3n) is 6.05. The van der Waals surface area contributed by atoms with E-state index in [4.69, 9.17) is 9.47 Å². The highest BCUT2D eigenvalue weighted by molar-refractivity contribution is 6.31. The van der Waals surface area contributed by atoms with Crippen LogP contribution in [0.2, 0.25) is 0 Å². The zero-order valence-electron chi connectivity index (χ0n) is 17.4. The summed E-state index contributed by atoms with van der Waals surface area (Å²) in [5.41, 5.74) is 4.23. The van der Waals surface area contributed by atoms with Gasteiger partial charge in [-0.05, 0) is 36.3 Å². The first-order valence-electron chi connectivity index (χ1n) is 10.8. The quantitative estimate of drug-likeness (QED) is 0.709. The summed E-state index contributed by atoms with van der Waals surface area (Å²) in [6.07, 6.45) is 6.42. The van der Waals surface area contributed by atoms with E-state index in [1.165, 1.54) is 0 Å². The predicted octanol–water partition coefficient (Wildman–Crippen LogP) is 1.93. The Morgan fingerprint density at radius 2 is 2.03 bits per heavy atom. The zero-order valence-corrected chi connectivity index (χ0v) is 17.4. The van der Waals surface area contributed by atoms with Gasteiger partial charge >= 0.3 is 6.09 Å². The molecule has 2 fully saturated rings. The van der Waals surface area contributed by atoms with E-state index in [1.807, 2.05) is 30.5 Å². The highest BCUT2D eigenvalue weighted by atomic mass is 16.6. The fourth-order valence-corrected chi connectivity index (χ4v) is 4.33. The number of nitrogens with zero attached hydrogens (tertiary/aromatic N) is 3. The van der Waals surface area contributed by atoms with Gasteiger partial charge in [-0.2, -0.15) is 0 Å². The van der Waals surface area contributed by atoms with Gasteiger partial charge in [0.05, 0.1) is 31.0 Å². The van der Waals surface area contributed by atoms with E-state index >= 15 is 0 Å². The van der Waals surface area contributed by atoms with Crippen LogP contribution in [0.5, 0.6) is 0 Å². The van der Waals surface area contributed by atoms with E-state index in [9.17, 15) is 9.59 Å². The average molecular weight is 422 g/mol. The average Bonchev–Trinajstić information content (AvgIpc) is 3.47. The molecule has 31 heavy (non-hydrogen) atoms. The lowest BCUT2D eigenvalue weighted by atomic mass is 10.0. The van der Waals surface area contributed by atoms with Gasteiger partial charge < -0.3 is 19.7 Å². The first kappa shape index (κ1) is 20.0.